The maximum absolute atomic E-state index is 8.62. The summed E-state index contributed by atoms with van der Waals surface area (Å²) in [4.78, 5) is 0. The van der Waals surface area contributed by atoms with Crippen molar-refractivity contribution in [2.75, 3.05) is 0 Å². The molecule has 0 saturated heterocycles. The molecule has 2 aliphatic carbocycles. The van der Waals surface area contributed by atoms with Crippen molar-refractivity contribution in [2.45, 2.75) is 58.8 Å². The van der Waals surface area contributed by atoms with Crippen LogP contribution in [0.5, 0.6) is 0 Å². The molecule has 0 aromatic heterocycles. The Bertz CT molecular complexity index is 2200. The van der Waals surface area contributed by atoms with E-state index >= 15 is 0 Å². The molecule has 2 atom stereocenters. The Morgan fingerprint density at radius 3 is 1.31 bits per heavy atom. The standard InChI is InChI=1S/2C22H19.C2H5.2ClH.Zr/c2*1-3-16-13-21-15(2)11-12-20(22(21)14-16)19-10-6-8-17-7-4-5-9-18(17)19;1-2;;;/h2*4-14H,3H2,1-2H3;1H2,2H3;2*1H;/q;;;;;+2/p-2. The van der Waals surface area contributed by atoms with Gasteiger partial charge in [0.05, 0.1) is 0 Å². The molecular formula is C46H43Cl2Zr. The number of fused-ring (bicyclic) bond motifs is 4. The molecule has 3 heteroatoms. The second-order valence-corrected chi connectivity index (χ2v) is 37.2. The van der Waals surface area contributed by atoms with Crippen LogP contribution in [0.15, 0.2) is 120 Å². The van der Waals surface area contributed by atoms with Gasteiger partial charge in [-0.1, -0.05) is 0 Å². The van der Waals surface area contributed by atoms with Crippen LogP contribution >= 0.6 is 17.0 Å². The predicted molar refractivity (Wildman–Crippen MR) is 212 cm³/mol. The second kappa shape index (κ2) is 12.2. The van der Waals surface area contributed by atoms with Gasteiger partial charge >= 0.3 is 302 Å². The molecule has 0 spiro atoms. The van der Waals surface area contributed by atoms with E-state index in [1.807, 2.05) is 0 Å². The van der Waals surface area contributed by atoms with Gasteiger partial charge in [-0.05, 0) is 0 Å². The van der Waals surface area contributed by atoms with Gasteiger partial charge in [-0.2, -0.15) is 0 Å². The quantitative estimate of drug-likeness (QED) is 0.152. The molecule has 2 unspecified atom stereocenters. The molecular weight excluding hydrogens is 715 g/mol. The second-order valence-electron chi connectivity index (χ2n) is 14.3. The predicted octanol–water partition coefficient (Wildman–Crippen LogP) is 14.8. The molecule has 0 bridgehead atoms. The Morgan fingerprint density at radius 1 is 0.490 bits per heavy atom. The first-order chi connectivity index (χ1) is 23.7. The molecule has 2 aliphatic rings. The molecule has 6 aromatic carbocycles. The minimum atomic E-state index is -4.93. The van der Waals surface area contributed by atoms with E-state index in [1.165, 1.54) is 88.3 Å². The molecule has 6 aromatic rings. The van der Waals surface area contributed by atoms with Crippen molar-refractivity contribution in [3.8, 4) is 22.3 Å². The number of rotatable bonds is 7. The van der Waals surface area contributed by atoms with Crippen molar-refractivity contribution in [3.05, 3.63) is 154 Å². The fourth-order valence-electron chi connectivity index (χ4n) is 9.40. The minimum absolute atomic E-state index is 0.0382. The summed E-state index contributed by atoms with van der Waals surface area (Å²) in [7, 11) is 17.2. The van der Waals surface area contributed by atoms with Crippen LogP contribution in [0.2, 0.25) is 4.13 Å². The zero-order valence-corrected chi connectivity index (χ0v) is 33.0. The Morgan fingerprint density at radius 2 is 0.898 bits per heavy atom. The molecule has 0 nitrogen and oxygen atoms in total. The van der Waals surface area contributed by atoms with Gasteiger partial charge in [0.1, 0.15) is 0 Å². The van der Waals surface area contributed by atoms with Crippen LogP contribution in [0.3, 0.4) is 0 Å². The van der Waals surface area contributed by atoms with Gasteiger partial charge in [-0.3, -0.25) is 0 Å². The van der Waals surface area contributed by atoms with Crippen molar-refractivity contribution in [1.82, 2.24) is 0 Å². The molecule has 0 N–H and O–H groups in total. The molecule has 49 heavy (non-hydrogen) atoms. The van der Waals surface area contributed by atoms with E-state index < -0.39 is 16.4 Å². The Labute approximate surface area is 299 Å². The van der Waals surface area contributed by atoms with Crippen LogP contribution in [0.25, 0.3) is 56.0 Å². The van der Waals surface area contributed by atoms with E-state index in [-0.39, 0.29) is 7.25 Å². The van der Waals surface area contributed by atoms with Crippen LogP contribution in [0.1, 0.15) is 74.2 Å². The van der Waals surface area contributed by atoms with E-state index in [0.717, 1.165) is 17.0 Å². The number of aryl methyl sites for hydroxylation is 2. The van der Waals surface area contributed by atoms with Crippen LogP contribution in [-0.2, 0) is 16.4 Å². The number of hydrogen-bond acceptors (Lipinski definition) is 0. The van der Waals surface area contributed by atoms with E-state index in [0.29, 0.717) is 0 Å². The van der Waals surface area contributed by atoms with Gasteiger partial charge in [0.25, 0.3) is 0 Å². The topological polar surface area (TPSA) is 0 Å². The van der Waals surface area contributed by atoms with Gasteiger partial charge < -0.3 is 0 Å². The summed E-state index contributed by atoms with van der Waals surface area (Å²) >= 11 is -4.93. The summed E-state index contributed by atoms with van der Waals surface area (Å²) in [5.74, 6) is 0. The molecule has 8 rings (SSSR count). The van der Waals surface area contributed by atoms with Gasteiger partial charge in [0.15, 0.2) is 0 Å². The summed E-state index contributed by atoms with van der Waals surface area (Å²) in [6, 6.07) is 40.1. The summed E-state index contributed by atoms with van der Waals surface area (Å²) in [5, 5.41) is 5.07. The third-order valence-electron chi connectivity index (χ3n) is 11.8. The molecule has 0 saturated carbocycles. The fourth-order valence-corrected chi connectivity index (χ4v) is 28.0. The Kier molecular flexibility index (Phi) is 8.23. The third-order valence-corrected chi connectivity index (χ3v) is 32.5. The maximum atomic E-state index is 8.62. The molecule has 0 aliphatic heterocycles. The monoisotopic (exact) mass is 755 g/mol. The Balaban J connectivity index is 1.37. The SMILES string of the molecule is CCC1=Cc2c(-c3cccc4ccccc34)ccc(C)c2[CH]1[Zr]([Cl])([Cl])([CH2]C)[CH]1C(CC)=Cc2c(-c3cccc4ccccc34)ccc(C)c21. The molecule has 0 fully saturated rings. The Hall–Kier alpha value is -3.22. The van der Waals surface area contributed by atoms with Crippen LogP contribution < -0.4 is 0 Å². The molecule has 0 radical (unpaired) electrons. The van der Waals surface area contributed by atoms with Gasteiger partial charge in [-0.15, -0.1) is 0 Å². The van der Waals surface area contributed by atoms with Crippen molar-refractivity contribution >= 4 is 50.7 Å². The third kappa shape index (κ3) is 4.94. The number of halogens is 2. The first-order valence-electron chi connectivity index (χ1n) is 17.9. The van der Waals surface area contributed by atoms with E-state index in [9.17, 15) is 0 Å². The zero-order valence-electron chi connectivity index (χ0n) is 29.1. The normalized spacial score (nSPS) is 17.8. The van der Waals surface area contributed by atoms with Crippen LogP contribution in [0, 0.1) is 13.8 Å². The van der Waals surface area contributed by atoms with Crippen molar-refractivity contribution in [2.24, 2.45) is 0 Å². The van der Waals surface area contributed by atoms with Crippen molar-refractivity contribution in [3.63, 3.8) is 0 Å². The summed E-state index contributed by atoms with van der Waals surface area (Å²) in [6.07, 6.45) is 6.80. The fraction of sp³-hybridized carbons (Fsp3) is 0.217. The first-order valence-corrected chi connectivity index (χ1v) is 28.8. The first kappa shape index (κ1) is 33.0. The average Bonchev–Trinajstić information content (AvgIpc) is 3.74. The zero-order chi connectivity index (χ0) is 34.1. The molecule has 245 valence electrons. The molecule has 0 amide bonds. The summed E-state index contributed by atoms with van der Waals surface area (Å²) in [6.45, 7) is 11.4. The van der Waals surface area contributed by atoms with E-state index in [4.69, 9.17) is 17.0 Å². The average molecular weight is 758 g/mol. The summed E-state index contributed by atoms with van der Waals surface area (Å²) < 4.78 is 0.885. The van der Waals surface area contributed by atoms with Gasteiger partial charge in [-0.25, -0.2) is 0 Å². The van der Waals surface area contributed by atoms with Crippen molar-refractivity contribution < 1.29 is 16.4 Å². The van der Waals surface area contributed by atoms with E-state index in [2.05, 4.69) is 156 Å². The number of allylic oxidation sites excluding steroid dienone is 2. The van der Waals surface area contributed by atoms with E-state index in [1.54, 1.807) is 0 Å². The van der Waals surface area contributed by atoms with Crippen molar-refractivity contribution in [1.29, 1.82) is 0 Å². The number of benzene rings is 6. The molecule has 0 heterocycles. The van der Waals surface area contributed by atoms with Gasteiger partial charge in [0, 0.05) is 0 Å². The van der Waals surface area contributed by atoms with Crippen LogP contribution in [0.4, 0.5) is 0 Å². The number of hydrogen-bond donors (Lipinski definition) is 0. The summed E-state index contributed by atoms with van der Waals surface area (Å²) in [5.41, 5.74) is 15.8. The van der Waals surface area contributed by atoms with Crippen LogP contribution in [-0.4, -0.2) is 0 Å². The van der Waals surface area contributed by atoms with Gasteiger partial charge in [0.2, 0.25) is 0 Å².